The second-order valence-electron chi connectivity index (χ2n) is 5.50. The number of carbonyl (C=O) groups is 1. The highest BCUT2D eigenvalue weighted by atomic mass is 19.1. The third-order valence-electron chi connectivity index (χ3n) is 3.64. The molecule has 0 fully saturated rings. The maximum Gasteiger partial charge on any atom is 0.251 e. The quantitative estimate of drug-likeness (QED) is 0.719. The van der Waals surface area contributed by atoms with Crippen molar-refractivity contribution in [3.63, 3.8) is 0 Å². The highest BCUT2D eigenvalue weighted by molar-refractivity contribution is 5.94. The van der Waals surface area contributed by atoms with Gasteiger partial charge in [0.2, 0.25) is 0 Å². The molecule has 0 aromatic heterocycles. The molecule has 3 heteroatoms. The molecule has 0 atom stereocenters. The zero-order chi connectivity index (χ0) is 17.5. The van der Waals surface area contributed by atoms with Crippen LogP contribution < -0.4 is 5.32 Å². The summed E-state index contributed by atoms with van der Waals surface area (Å²) >= 11 is 0. The Morgan fingerprint density at radius 3 is 2.04 bits per heavy atom. The van der Waals surface area contributed by atoms with E-state index >= 15 is 0 Å². The SMILES string of the molecule is O=C(NCc1ccc(F)cc1)c1ccc(C#Cc2ccccc2)cc1. The molecule has 0 radical (unpaired) electrons. The Bertz CT molecular complexity index is 904. The molecular weight excluding hydrogens is 313 g/mol. The lowest BCUT2D eigenvalue weighted by molar-refractivity contribution is 0.0951. The minimum atomic E-state index is -0.290. The van der Waals surface area contributed by atoms with E-state index < -0.39 is 0 Å². The van der Waals surface area contributed by atoms with Gasteiger partial charge in [0.15, 0.2) is 0 Å². The van der Waals surface area contributed by atoms with Gasteiger partial charge in [0.1, 0.15) is 5.82 Å². The predicted octanol–water partition coefficient (Wildman–Crippen LogP) is 4.16. The molecule has 0 aliphatic heterocycles. The number of halogens is 1. The van der Waals surface area contributed by atoms with Crippen molar-refractivity contribution in [3.8, 4) is 11.8 Å². The maximum absolute atomic E-state index is 12.9. The molecule has 0 spiro atoms. The molecule has 3 aromatic carbocycles. The summed E-state index contributed by atoms with van der Waals surface area (Å²) < 4.78 is 12.9. The van der Waals surface area contributed by atoms with E-state index in [1.807, 2.05) is 42.5 Å². The van der Waals surface area contributed by atoms with Gasteiger partial charge in [-0.25, -0.2) is 4.39 Å². The second kappa shape index (κ2) is 7.94. The van der Waals surface area contributed by atoms with Crippen molar-refractivity contribution in [2.24, 2.45) is 0 Å². The average molecular weight is 329 g/mol. The number of rotatable bonds is 3. The molecule has 0 aliphatic rings. The Balaban J connectivity index is 1.61. The summed E-state index contributed by atoms with van der Waals surface area (Å²) in [5.74, 6) is 5.69. The van der Waals surface area contributed by atoms with Gasteiger partial charge in [-0.2, -0.15) is 0 Å². The first-order valence-electron chi connectivity index (χ1n) is 7.90. The van der Waals surface area contributed by atoms with E-state index in [1.165, 1.54) is 12.1 Å². The van der Waals surface area contributed by atoms with Gasteiger partial charge in [-0.1, -0.05) is 42.2 Å². The van der Waals surface area contributed by atoms with Crippen molar-refractivity contribution in [2.75, 3.05) is 0 Å². The summed E-state index contributed by atoms with van der Waals surface area (Å²) in [5.41, 5.74) is 3.20. The lowest BCUT2D eigenvalue weighted by Crippen LogP contribution is -2.22. The van der Waals surface area contributed by atoms with Crippen molar-refractivity contribution < 1.29 is 9.18 Å². The average Bonchev–Trinajstić information content (AvgIpc) is 2.67. The molecule has 0 bridgehead atoms. The van der Waals surface area contributed by atoms with Gasteiger partial charge in [0.25, 0.3) is 5.91 Å². The summed E-state index contributed by atoms with van der Waals surface area (Å²) in [6, 6.07) is 22.9. The van der Waals surface area contributed by atoms with Crippen molar-refractivity contribution >= 4 is 5.91 Å². The monoisotopic (exact) mass is 329 g/mol. The first kappa shape index (κ1) is 16.5. The van der Waals surface area contributed by atoms with E-state index in [-0.39, 0.29) is 11.7 Å². The molecule has 1 amide bonds. The molecule has 122 valence electrons. The standard InChI is InChI=1S/C22H16FNO/c23-21-14-10-19(11-15-21)16-24-22(25)20-12-8-18(9-13-20)7-6-17-4-2-1-3-5-17/h1-5,8-15H,16H2,(H,24,25). The van der Waals surface area contributed by atoms with Crippen LogP contribution in [0, 0.1) is 17.7 Å². The number of benzene rings is 3. The van der Waals surface area contributed by atoms with Crippen LogP contribution in [-0.4, -0.2) is 5.91 Å². The van der Waals surface area contributed by atoms with Crippen LogP contribution in [-0.2, 0) is 6.54 Å². The lowest BCUT2D eigenvalue weighted by Gasteiger charge is -2.05. The first-order valence-corrected chi connectivity index (χ1v) is 7.90. The summed E-state index contributed by atoms with van der Waals surface area (Å²) in [5, 5.41) is 2.81. The number of nitrogens with one attached hydrogen (secondary N) is 1. The normalized spacial score (nSPS) is 9.80. The summed E-state index contributed by atoms with van der Waals surface area (Å²) in [7, 11) is 0. The lowest BCUT2D eigenvalue weighted by atomic mass is 10.1. The molecule has 3 rings (SSSR count). The van der Waals surface area contributed by atoms with E-state index in [0.717, 1.165) is 16.7 Å². The third kappa shape index (κ3) is 4.79. The summed E-state index contributed by atoms with van der Waals surface area (Å²) in [4.78, 5) is 12.2. The minimum absolute atomic E-state index is 0.174. The zero-order valence-corrected chi connectivity index (χ0v) is 13.5. The molecule has 0 saturated carbocycles. The summed E-state index contributed by atoms with van der Waals surface area (Å²) in [6.45, 7) is 0.356. The Morgan fingerprint density at radius 2 is 1.40 bits per heavy atom. The van der Waals surface area contributed by atoms with E-state index in [9.17, 15) is 9.18 Å². The predicted molar refractivity (Wildman–Crippen MR) is 96.4 cm³/mol. The number of hydrogen-bond donors (Lipinski definition) is 1. The largest absolute Gasteiger partial charge is 0.348 e. The summed E-state index contributed by atoms with van der Waals surface area (Å²) in [6.07, 6.45) is 0. The molecule has 0 aliphatic carbocycles. The zero-order valence-electron chi connectivity index (χ0n) is 13.5. The van der Waals surface area contributed by atoms with E-state index in [2.05, 4.69) is 17.2 Å². The third-order valence-corrected chi connectivity index (χ3v) is 3.64. The maximum atomic E-state index is 12.9. The van der Waals surface area contributed by atoms with Crippen molar-refractivity contribution in [1.29, 1.82) is 0 Å². The highest BCUT2D eigenvalue weighted by Gasteiger charge is 2.05. The van der Waals surface area contributed by atoms with Crippen molar-refractivity contribution in [2.45, 2.75) is 6.54 Å². The molecular formula is C22H16FNO. The van der Waals surface area contributed by atoms with Crippen LogP contribution in [0.3, 0.4) is 0 Å². The molecule has 0 unspecified atom stereocenters. The molecule has 0 saturated heterocycles. The van der Waals surface area contributed by atoms with Crippen molar-refractivity contribution in [3.05, 3.63) is 107 Å². The van der Waals surface area contributed by atoms with Crippen LogP contribution in [0.25, 0.3) is 0 Å². The van der Waals surface area contributed by atoms with Gasteiger partial charge in [-0.15, -0.1) is 0 Å². The smallest absolute Gasteiger partial charge is 0.251 e. The Kier molecular flexibility index (Phi) is 5.23. The Hall–Kier alpha value is -3.38. The van der Waals surface area contributed by atoms with Gasteiger partial charge in [-0.3, -0.25) is 4.79 Å². The Morgan fingerprint density at radius 1 is 0.800 bits per heavy atom. The molecule has 2 nitrogen and oxygen atoms in total. The van der Waals surface area contributed by atoms with Crippen LogP contribution in [0.15, 0.2) is 78.9 Å². The number of amides is 1. The van der Waals surface area contributed by atoms with E-state index in [1.54, 1.807) is 24.3 Å². The van der Waals surface area contributed by atoms with Crippen LogP contribution in [0.4, 0.5) is 4.39 Å². The van der Waals surface area contributed by atoms with Crippen LogP contribution >= 0.6 is 0 Å². The van der Waals surface area contributed by atoms with Gasteiger partial charge in [0, 0.05) is 23.2 Å². The highest BCUT2D eigenvalue weighted by Crippen LogP contribution is 2.06. The molecule has 1 N–H and O–H groups in total. The topological polar surface area (TPSA) is 29.1 Å². The van der Waals surface area contributed by atoms with Gasteiger partial charge in [0.05, 0.1) is 0 Å². The first-order chi connectivity index (χ1) is 12.2. The van der Waals surface area contributed by atoms with Crippen LogP contribution in [0.5, 0.6) is 0 Å². The van der Waals surface area contributed by atoms with Gasteiger partial charge >= 0.3 is 0 Å². The Labute approximate surface area is 146 Å². The molecule has 25 heavy (non-hydrogen) atoms. The minimum Gasteiger partial charge on any atom is -0.348 e. The van der Waals surface area contributed by atoms with Gasteiger partial charge in [-0.05, 0) is 54.1 Å². The fourth-order valence-corrected chi connectivity index (χ4v) is 2.26. The number of hydrogen-bond acceptors (Lipinski definition) is 1. The van der Waals surface area contributed by atoms with Crippen LogP contribution in [0.1, 0.15) is 27.0 Å². The fraction of sp³-hybridized carbons (Fsp3) is 0.0455. The molecule has 0 heterocycles. The molecule has 3 aromatic rings. The van der Waals surface area contributed by atoms with E-state index in [0.29, 0.717) is 12.1 Å². The van der Waals surface area contributed by atoms with E-state index in [4.69, 9.17) is 0 Å². The van der Waals surface area contributed by atoms with Crippen LogP contribution in [0.2, 0.25) is 0 Å². The fourth-order valence-electron chi connectivity index (χ4n) is 2.26. The second-order valence-corrected chi connectivity index (χ2v) is 5.50. The van der Waals surface area contributed by atoms with Crippen molar-refractivity contribution in [1.82, 2.24) is 5.32 Å². The number of carbonyl (C=O) groups excluding carboxylic acids is 1. The van der Waals surface area contributed by atoms with Gasteiger partial charge < -0.3 is 5.32 Å².